The number of hydrogen-bond donors (Lipinski definition) is 1. The quantitative estimate of drug-likeness (QED) is 0.247. The molecule has 2 amide bonds. The van der Waals surface area contributed by atoms with Gasteiger partial charge in [0.25, 0.3) is 11.8 Å². The van der Waals surface area contributed by atoms with Gasteiger partial charge in [-0.3, -0.25) is 9.59 Å². The van der Waals surface area contributed by atoms with E-state index >= 15 is 0 Å². The average Bonchev–Trinajstić information content (AvgIpc) is 3.33. The predicted molar refractivity (Wildman–Crippen MR) is 166 cm³/mol. The van der Waals surface area contributed by atoms with E-state index < -0.39 is 0 Å². The molecule has 0 saturated heterocycles. The molecular weight excluding hydrogens is 522 g/mol. The topological polar surface area (TPSA) is 63.6 Å². The van der Waals surface area contributed by atoms with Crippen molar-refractivity contribution in [1.82, 2.24) is 9.88 Å². The monoisotopic (exact) mass is 555 g/mol. The minimum Gasteiger partial charge on any atom is -0.496 e. The fraction of sp³-hybridized carbons (Fsp3) is 0.167. The van der Waals surface area contributed by atoms with Gasteiger partial charge >= 0.3 is 0 Å². The zero-order valence-corrected chi connectivity index (χ0v) is 24.1. The van der Waals surface area contributed by atoms with E-state index in [-0.39, 0.29) is 11.8 Å². The fourth-order valence-corrected chi connectivity index (χ4v) is 5.60. The van der Waals surface area contributed by atoms with Crippen LogP contribution in [0.25, 0.3) is 11.1 Å². The minimum atomic E-state index is -0.143. The Labute approximate surface area is 246 Å². The molecule has 0 saturated carbocycles. The number of aryl methyl sites for hydroxylation is 2. The van der Waals surface area contributed by atoms with E-state index in [1.54, 1.807) is 12.0 Å². The highest BCUT2D eigenvalue weighted by molar-refractivity contribution is 6.07. The van der Waals surface area contributed by atoms with Crippen LogP contribution in [0.5, 0.6) is 5.75 Å². The molecule has 0 aliphatic carbocycles. The number of aromatic nitrogens is 1. The molecule has 0 unspecified atom stereocenters. The summed E-state index contributed by atoms with van der Waals surface area (Å²) in [6.45, 7) is 5.38. The smallest absolute Gasteiger partial charge is 0.268 e. The lowest BCUT2D eigenvalue weighted by Gasteiger charge is -2.23. The fourth-order valence-electron chi connectivity index (χ4n) is 5.60. The molecule has 6 heteroatoms. The lowest BCUT2D eigenvalue weighted by atomic mass is 9.98. The van der Waals surface area contributed by atoms with Crippen molar-refractivity contribution in [2.24, 2.45) is 0 Å². The van der Waals surface area contributed by atoms with Crippen LogP contribution in [0.1, 0.15) is 48.8 Å². The number of para-hydroxylation sites is 1. The summed E-state index contributed by atoms with van der Waals surface area (Å²) in [5, 5.41) is 3.06. The van der Waals surface area contributed by atoms with Gasteiger partial charge in [-0.15, -0.1) is 0 Å². The summed E-state index contributed by atoms with van der Waals surface area (Å²) in [7, 11) is 1.63. The lowest BCUT2D eigenvalue weighted by Crippen LogP contribution is -2.30. The standard InChI is InChI=1S/C36H33N3O3/c1-24-12-14-26(15-13-24)21-37-35(40)33-19-17-29-23-39(32-11-7-5-9-28(32)22-38(29)33)36(41)27-16-18-31(34(20-27)42-3)30-10-6-4-8-25(30)2/h4-20H,21-23H2,1-3H3,(H,37,40). The first-order chi connectivity index (χ1) is 20.4. The van der Waals surface area contributed by atoms with E-state index in [0.717, 1.165) is 39.2 Å². The Kier molecular flexibility index (Phi) is 7.36. The maximum atomic E-state index is 14.1. The van der Waals surface area contributed by atoms with Crippen LogP contribution in [0.2, 0.25) is 0 Å². The SMILES string of the molecule is COc1cc(C(=O)N2Cc3ccc(C(=O)NCc4ccc(C)cc4)n3Cc3ccccc32)ccc1-c1ccccc1C. The van der Waals surface area contributed by atoms with E-state index in [0.29, 0.717) is 36.6 Å². The number of carbonyl (C=O) groups is 2. The van der Waals surface area contributed by atoms with Gasteiger partial charge in [0.2, 0.25) is 0 Å². The van der Waals surface area contributed by atoms with Gasteiger partial charge in [0.05, 0.1) is 20.2 Å². The molecule has 0 radical (unpaired) electrons. The van der Waals surface area contributed by atoms with Crippen molar-refractivity contribution in [3.8, 4) is 16.9 Å². The number of amides is 2. The van der Waals surface area contributed by atoms with Crippen molar-refractivity contribution in [2.45, 2.75) is 33.5 Å². The molecule has 4 aromatic carbocycles. The Balaban J connectivity index is 1.30. The second kappa shape index (κ2) is 11.4. The molecule has 1 aromatic heterocycles. The van der Waals surface area contributed by atoms with E-state index in [1.165, 1.54) is 5.56 Å². The number of carbonyl (C=O) groups excluding carboxylic acids is 2. The first-order valence-corrected chi connectivity index (χ1v) is 14.1. The maximum absolute atomic E-state index is 14.1. The Hall–Kier alpha value is -5.10. The zero-order valence-electron chi connectivity index (χ0n) is 24.1. The van der Waals surface area contributed by atoms with Crippen molar-refractivity contribution in [3.63, 3.8) is 0 Å². The third-order valence-electron chi connectivity index (χ3n) is 7.94. The number of nitrogens with zero attached hydrogens (tertiary/aromatic N) is 2. The highest BCUT2D eigenvalue weighted by atomic mass is 16.5. The molecule has 1 N–H and O–H groups in total. The second-order valence-electron chi connectivity index (χ2n) is 10.7. The van der Waals surface area contributed by atoms with Gasteiger partial charge in [0.15, 0.2) is 0 Å². The molecule has 6 nitrogen and oxygen atoms in total. The number of hydrogen-bond acceptors (Lipinski definition) is 3. The maximum Gasteiger partial charge on any atom is 0.268 e. The van der Waals surface area contributed by atoms with Crippen LogP contribution in [0.4, 0.5) is 5.69 Å². The summed E-state index contributed by atoms with van der Waals surface area (Å²) in [6, 6.07) is 33.6. The van der Waals surface area contributed by atoms with Crippen molar-refractivity contribution in [2.75, 3.05) is 12.0 Å². The molecule has 0 fully saturated rings. The summed E-state index contributed by atoms with van der Waals surface area (Å²) in [5.74, 6) is 0.377. The van der Waals surface area contributed by atoms with Crippen LogP contribution < -0.4 is 15.0 Å². The zero-order chi connectivity index (χ0) is 29.2. The number of ether oxygens (including phenoxy) is 1. The van der Waals surface area contributed by atoms with Gasteiger partial charge in [-0.05, 0) is 72.5 Å². The molecule has 0 atom stereocenters. The Bertz CT molecular complexity index is 1790. The molecule has 1 aliphatic heterocycles. The van der Waals surface area contributed by atoms with E-state index in [1.807, 2.05) is 102 Å². The number of fused-ring (bicyclic) bond motifs is 2. The summed E-state index contributed by atoms with van der Waals surface area (Å²) < 4.78 is 7.77. The molecule has 5 aromatic rings. The second-order valence-corrected chi connectivity index (χ2v) is 10.7. The molecule has 0 bridgehead atoms. The normalized spacial score (nSPS) is 12.2. The van der Waals surface area contributed by atoms with Gasteiger partial charge in [-0.1, -0.05) is 72.3 Å². The highest BCUT2D eigenvalue weighted by Crippen LogP contribution is 2.35. The molecule has 6 rings (SSSR count). The third kappa shape index (κ3) is 5.19. The average molecular weight is 556 g/mol. The first-order valence-electron chi connectivity index (χ1n) is 14.1. The number of anilines is 1. The van der Waals surface area contributed by atoms with Crippen LogP contribution in [-0.4, -0.2) is 23.5 Å². The highest BCUT2D eigenvalue weighted by Gasteiger charge is 2.28. The van der Waals surface area contributed by atoms with Gasteiger partial charge < -0.3 is 19.5 Å². The van der Waals surface area contributed by atoms with Crippen molar-refractivity contribution in [1.29, 1.82) is 0 Å². The van der Waals surface area contributed by atoms with Gasteiger partial charge in [0.1, 0.15) is 11.4 Å². The Morgan fingerprint density at radius 2 is 1.57 bits per heavy atom. The lowest BCUT2D eigenvalue weighted by molar-refractivity contribution is 0.0941. The van der Waals surface area contributed by atoms with Crippen molar-refractivity contribution >= 4 is 17.5 Å². The van der Waals surface area contributed by atoms with Crippen LogP contribution in [0, 0.1) is 13.8 Å². The summed E-state index contributed by atoms with van der Waals surface area (Å²) in [5.41, 5.74) is 9.18. The van der Waals surface area contributed by atoms with Crippen LogP contribution >= 0.6 is 0 Å². The summed E-state index contributed by atoms with van der Waals surface area (Å²) >= 11 is 0. The molecule has 42 heavy (non-hydrogen) atoms. The molecule has 1 aliphatic rings. The van der Waals surface area contributed by atoms with Crippen LogP contribution in [0.15, 0.2) is 103 Å². The Morgan fingerprint density at radius 3 is 2.36 bits per heavy atom. The number of nitrogens with one attached hydrogen (secondary N) is 1. The molecular formula is C36H33N3O3. The van der Waals surface area contributed by atoms with E-state index in [4.69, 9.17) is 4.74 Å². The molecule has 210 valence electrons. The summed E-state index contributed by atoms with van der Waals surface area (Å²) in [4.78, 5) is 29.2. The molecule has 0 spiro atoms. The predicted octanol–water partition coefficient (Wildman–Crippen LogP) is 6.92. The Morgan fingerprint density at radius 1 is 0.810 bits per heavy atom. The van der Waals surface area contributed by atoms with Crippen molar-refractivity contribution in [3.05, 3.63) is 142 Å². The van der Waals surface area contributed by atoms with E-state index in [2.05, 4.69) is 24.4 Å². The number of methoxy groups -OCH3 is 1. The van der Waals surface area contributed by atoms with Gasteiger partial charge in [-0.2, -0.15) is 0 Å². The van der Waals surface area contributed by atoms with Crippen LogP contribution in [0.3, 0.4) is 0 Å². The summed E-state index contributed by atoms with van der Waals surface area (Å²) in [6.07, 6.45) is 0. The molecule has 2 heterocycles. The largest absolute Gasteiger partial charge is 0.496 e. The number of benzene rings is 4. The van der Waals surface area contributed by atoms with E-state index in [9.17, 15) is 9.59 Å². The number of rotatable bonds is 6. The van der Waals surface area contributed by atoms with Gasteiger partial charge in [0, 0.05) is 29.1 Å². The third-order valence-corrected chi connectivity index (χ3v) is 7.94. The first kappa shape index (κ1) is 27.1. The van der Waals surface area contributed by atoms with Gasteiger partial charge in [-0.25, -0.2) is 0 Å². The van der Waals surface area contributed by atoms with Crippen molar-refractivity contribution < 1.29 is 14.3 Å². The van der Waals surface area contributed by atoms with Crippen LogP contribution in [-0.2, 0) is 19.6 Å². The minimum absolute atomic E-state index is 0.128.